The third-order valence-electron chi connectivity index (χ3n) is 7.44. The SMILES string of the molecule is CC(C)(C)CCNCc1cc(O)c2c(c1Cl)CC1C[C@H]3CC(O)=C(C(N)=O)C(=O)[C@@]3(O)C(O)=C1C2=O. The summed E-state index contributed by atoms with van der Waals surface area (Å²) in [6, 6.07) is 1.40. The summed E-state index contributed by atoms with van der Waals surface area (Å²) in [7, 11) is 0. The molecule has 0 saturated carbocycles. The molecule has 0 spiro atoms. The zero-order valence-corrected chi connectivity index (χ0v) is 21.2. The maximum Gasteiger partial charge on any atom is 0.255 e. The van der Waals surface area contributed by atoms with Crippen molar-refractivity contribution in [3.63, 3.8) is 0 Å². The van der Waals surface area contributed by atoms with Gasteiger partial charge < -0.3 is 31.5 Å². The predicted molar refractivity (Wildman–Crippen MR) is 132 cm³/mol. The second kappa shape index (κ2) is 8.90. The third kappa shape index (κ3) is 4.09. The number of aliphatic hydroxyl groups is 3. The number of phenolic OH excluding ortho intramolecular Hbond substituents is 1. The number of allylic oxidation sites excluding steroid dienone is 2. The van der Waals surface area contributed by atoms with E-state index >= 15 is 0 Å². The van der Waals surface area contributed by atoms with E-state index in [9.17, 15) is 34.8 Å². The molecule has 0 bridgehead atoms. The number of nitrogens with one attached hydrogen (secondary N) is 1. The summed E-state index contributed by atoms with van der Waals surface area (Å²) in [5, 5.41) is 46.9. The molecule has 1 aromatic rings. The van der Waals surface area contributed by atoms with Crippen molar-refractivity contribution in [2.45, 2.75) is 58.6 Å². The van der Waals surface area contributed by atoms with Crippen molar-refractivity contribution >= 4 is 29.1 Å². The standard InChI is InChI=1S/C26H31ClN2O7/c1-25(2,3)4-5-29-10-12-8-15(30)18-14(20(12)27)7-11-6-13-9-16(31)19(24(28)35)23(34)26(13,36)22(33)17(11)21(18)32/h8,11,13,29-31,33,36H,4-7,9-10H2,1-3H3,(H2,28,35)/t11?,13-,26-/m0/s1. The van der Waals surface area contributed by atoms with Crippen LogP contribution in [0.3, 0.4) is 0 Å². The van der Waals surface area contributed by atoms with Crippen LogP contribution in [0.5, 0.6) is 5.75 Å². The monoisotopic (exact) mass is 518 g/mol. The summed E-state index contributed by atoms with van der Waals surface area (Å²) in [5.74, 6) is -6.57. The smallest absolute Gasteiger partial charge is 0.255 e. The second-order valence-electron chi connectivity index (χ2n) is 11.1. The van der Waals surface area contributed by atoms with Gasteiger partial charge in [-0.1, -0.05) is 32.4 Å². The molecular formula is C26H31ClN2O7. The zero-order chi connectivity index (χ0) is 26.7. The fraction of sp³-hybridized carbons (Fsp3) is 0.500. The van der Waals surface area contributed by atoms with Gasteiger partial charge in [0.2, 0.25) is 5.78 Å². The van der Waals surface area contributed by atoms with E-state index in [1.807, 2.05) is 0 Å². The van der Waals surface area contributed by atoms with Crippen molar-refractivity contribution < 1.29 is 34.8 Å². The minimum absolute atomic E-state index is 0.0636. The van der Waals surface area contributed by atoms with Crippen LogP contribution in [0.1, 0.15) is 61.5 Å². The van der Waals surface area contributed by atoms with E-state index in [1.54, 1.807) is 0 Å². The number of hydrogen-bond acceptors (Lipinski definition) is 8. The summed E-state index contributed by atoms with van der Waals surface area (Å²) in [5.41, 5.74) is 2.74. The normalized spacial score (nSPS) is 26.0. The van der Waals surface area contributed by atoms with Gasteiger partial charge in [-0.3, -0.25) is 14.4 Å². The van der Waals surface area contributed by atoms with Gasteiger partial charge in [0.25, 0.3) is 5.91 Å². The maximum atomic E-state index is 13.5. The van der Waals surface area contributed by atoms with Crippen LogP contribution in [0.15, 0.2) is 28.7 Å². The van der Waals surface area contributed by atoms with Crippen molar-refractivity contribution in [3.05, 3.63) is 50.4 Å². The number of aliphatic hydroxyl groups excluding tert-OH is 2. The number of halogens is 1. The number of amides is 1. The molecule has 0 radical (unpaired) electrons. The van der Waals surface area contributed by atoms with Gasteiger partial charge in [0.15, 0.2) is 11.4 Å². The first-order valence-corrected chi connectivity index (χ1v) is 12.3. The Labute approximate surface area is 213 Å². The fourth-order valence-corrected chi connectivity index (χ4v) is 5.83. The summed E-state index contributed by atoms with van der Waals surface area (Å²) < 4.78 is 0. The molecule has 1 aromatic carbocycles. The quantitative estimate of drug-likeness (QED) is 0.255. The molecule has 0 aromatic heterocycles. The number of nitrogens with two attached hydrogens (primary N) is 1. The van der Waals surface area contributed by atoms with Gasteiger partial charge in [0, 0.05) is 29.5 Å². The van der Waals surface area contributed by atoms with Gasteiger partial charge in [-0.05, 0) is 54.3 Å². The molecular weight excluding hydrogens is 488 g/mol. The van der Waals surface area contributed by atoms with Crippen LogP contribution >= 0.6 is 11.6 Å². The van der Waals surface area contributed by atoms with Gasteiger partial charge in [-0.2, -0.15) is 0 Å². The van der Waals surface area contributed by atoms with E-state index in [4.69, 9.17) is 17.3 Å². The number of rotatable bonds is 5. The van der Waals surface area contributed by atoms with Gasteiger partial charge in [-0.15, -0.1) is 0 Å². The highest BCUT2D eigenvalue weighted by Crippen LogP contribution is 2.52. The van der Waals surface area contributed by atoms with E-state index in [-0.39, 0.29) is 41.6 Å². The lowest BCUT2D eigenvalue weighted by Gasteiger charge is -2.45. The first-order chi connectivity index (χ1) is 16.7. The predicted octanol–water partition coefficient (Wildman–Crippen LogP) is 2.76. The highest BCUT2D eigenvalue weighted by Gasteiger charge is 2.59. The van der Waals surface area contributed by atoms with Crippen LogP contribution in [-0.4, -0.2) is 50.0 Å². The molecule has 1 unspecified atom stereocenters. The van der Waals surface area contributed by atoms with Gasteiger partial charge in [-0.25, -0.2) is 0 Å². The first-order valence-electron chi connectivity index (χ1n) is 11.9. The summed E-state index contributed by atoms with van der Waals surface area (Å²) in [6.07, 6.45) is 0.897. The van der Waals surface area contributed by atoms with Crippen molar-refractivity contribution in [1.29, 1.82) is 0 Å². The van der Waals surface area contributed by atoms with E-state index in [0.29, 0.717) is 22.7 Å². The van der Waals surface area contributed by atoms with E-state index < -0.39 is 52.0 Å². The number of ketones is 2. The molecule has 9 nitrogen and oxygen atoms in total. The van der Waals surface area contributed by atoms with Crippen molar-refractivity contribution in [2.75, 3.05) is 6.54 Å². The molecule has 36 heavy (non-hydrogen) atoms. The van der Waals surface area contributed by atoms with Crippen LogP contribution in [0, 0.1) is 17.3 Å². The Hall–Kier alpha value is -2.88. The lowest BCUT2D eigenvalue weighted by atomic mass is 9.60. The second-order valence-corrected chi connectivity index (χ2v) is 11.5. The Morgan fingerprint density at radius 2 is 1.89 bits per heavy atom. The molecule has 194 valence electrons. The number of aromatic hydroxyl groups is 1. The van der Waals surface area contributed by atoms with Crippen LogP contribution in [0.25, 0.3) is 0 Å². The number of benzene rings is 1. The van der Waals surface area contributed by atoms with Gasteiger partial charge in [0.05, 0.1) is 5.56 Å². The zero-order valence-electron chi connectivity index (χ0n) is 20.4. The summed E-state index contributed by atoms with van der Waals surface area (Å²) in [6.45, 7) is 7.52. The summed E-state index contributed by atoms with van der Waals surface area (Å²) >= 11 is 6.68. The first kappa shape index (κ1) is 26.2. The number of fused-ring (bicyclic) bond motifs is 3. The minimum atomic E-state index is -2.58. The van der Waals surface area contributed by atoms with Crippen molar-refractivity contribution in [2.24, 2.45) is 23.0 Å². The Bertz CT molecular complexity index is 1240. The average Bonchev–Trinajstić information content (AvgIpc) is 2.75. The molecule has 0 saturated heterocycles. The van der Waals surface area contributed by atoms with Crippen LogP contribution in [0.2, 0.25) is 5.02 Å². The van der Waals surface area contributed by atoms with Crippen molar-refractivity contribution in [3.8, 4) is 5.75 Å². The maximum absolute atomic E-state index is 13.5. The Morgan fingerprint density at radius 1 is 1.22 bits per heavy atom. The van der Waals surface area contributed by atoms with Crippen molar-refractivity contribution in [1.82, 2.24) is 5.32 Å². The molecule has 0 aliphatic heterocycles. The Balaban J connectivity index is 1.72. The number of Topliss-reactive ketones (excluding diaryl/α,β-unsaturated/α-hetero) is 2. The van der Waals surface area contributed by atoms with E-state index in [0.717, 1.165) is 13.0 Å². The average molecular weight is 519 g/mol. The Morgan fingerprint density at radius 3 is 2.50 bits per heavy atom. The molecule has 0 fully saturated rings. The van der Waals surface area contributed by atoms with Gasteiger partial charge in [0.1, 0.15) is 22.8 Å². The van der Waals surface area contributed by atoms with Gasteiger partial charge >= 0.3 is 0 Å². The highest BCUT2D eigenvalue weighted by atomic mass is 35.5. The lowest BCUT2D eigenvalue weighted by molar-refractivity contribution is -0.144. The largest absolute Gasteiger partial charge is 0.511 e. The summed E-state index contributed by atoms with van der Waals surface area (Å²) in [4.78, 5) is 38.2. The molecule has 0 heterocycles. The molecule has 3 aliphatic carbocycles. The van der Waals surface area contributed by atoms with Crippen LogP contribution in [-0.2, 0) is 22.6 Å². The molecule has 3 atom stereocenters. The number of carbonyl (C=O) groups is 3. The lowest BCUT2D eigenvalue weighted by Crippen LogP contribution is -2.57. The minimum Gasteiger partial charge on any atom is -0.511 e. The van der Waals surface area contributed by atoms with E-state index in [2.05, 4.69) is 26.1 Å². The number of primary amides is 1. The topological polar surface area (TPSA) is 170 Å². The molecule has 10 heteroatoms. The fourth-order valence-electron chi connectivity index (χ4n) is 5.54. The Kier molecular flexibility index (Phi) is 6.47. The highest BCUT2D eigenvalue weighted by molar-refractivity contribution is 6.33. The molecule has 3 aliphatic rings. The molecule has 1 amide bonds. The van der Waals surface area contributed by atoms with Crippen LogP contribution < -0.4 is 11.1 Å². The third-order valence-corrected chi connectivity index (χ3v) is 7.91. The number of phenols is 1. The number of hydrogen-bond donors (Lipinski definition) is 6. The molecule has 7 N–H and O–H groups in total. The van der Waals surface area contributed by atoms with E-state index in [1.165, 1.54) is 6.07 Å². The van der Waals surface area contributed by atoms with Crippen LogP contribution in [0.4, 0.5) is 0 Å². The number of carbonyl (C=O) groups excluding carboxylic acids is 3. The molecule has 4 rings (SSSR count).